The Balaban J connectivity index is 1.85. The van der Waals surface area contributed by atoms with E-state index in [-0.39, 0.29) is 6.29 Å². The molecule has 0 saturated carbocycles. The largest absolute Gasteiger partial charge is 0.459 e. The average molecular weight is 168 g/mol. The van der Waals surface area contributed by atoms with E-state index in [1.807, 2.05) is 6.08 Å². The maximum atomic E-state index is 5.14. The normalized spacial score (nSPS) is 15.7. The molecule has 1 aliphatic heterocycles. The van der Waals surface area contributed by atoms with Gasteiger partial charge in [-0.2, -0.15) is 0 Å². The van der Waals surface area contributed by atoms with E-state index in [4.69, 9.17) is 9.47 Å². The Labute approximate surface area is 73.9 Å². The van der Waals surface area contributed by atoms with E-state index in [1.165, 1.54) is 19.3 Å². The van der Waals surface area contributed by atoms with Crippen molar-refractivity contribution >= 4 is 0 Å². The molecule has 1 heterocycles. The van der Waals surface area contributed by atoms with Crippen LogP contribution in [0, 0.1) is 0 Å². The van der Waals surface area contributed by atoms with Gasteiger partial charge in [-0.1, -0.05) is 12.5 Å². The van der Waals surface area contributed by atoms with Gasteiger partial charge in [0.25, 0.3) is 0 Å². The van der Waals surface area contributed by atoms with Crippen LogP contribution in [0.2, 0.25) is 0 Å². The van der Waals surface area contributed by atoms with Crippen LogP contribution in [0.1, 0.15) is 32.1 Å². The highest BCUT2D eigenvalue weighted by Crippen LogP contribution is 2.13. The third-order valence-corrected chi connectivity index (χ3v) is 1.86. The van der Waals surface area contributed by atoms with Gasteiger partial charge in [-0.25, -0.2) is 0 Å². The zero-order valence-corrected chi connectivity index (χ0v) is 7.37. The summed E-state index contributed by atoms with van der Waals surface area (Å²) < 4.78 is 10.3. The van der Waals surface area contributed by atoms with Crippen LogP contribution >= 0.6 is 0 Å². The highest BCUT2D eigenvalue weighted by Gasteiger charge is 2.10. The summed E-state index contributed by atoms with van der Waals surface area (Å²) >= 11 is 0. The lowest BCUT2D eigenvalue weighted by molar-refractivity contribution is -0.0294. The maximum absolute atomic E-state index is 5.14. The van der Waals surface area contributed by atoms with Gasteiger partial charge >= 0.3 is 0 Å². The lowest BCUT2D eigenvalue weighted by Crippen LogP contribution is -2.06. The summed E-state index contributed by atoms with van der Waals surface area (Å²) in [5, 5.41) is 0. The number of allylic oxidation sites excluding steroid dienone is 1. The van der Waals surface area contributed by atoms with Crippen molar-refractivity contribution < 1.29 is 9.47 Å². The summed E-state index contributed by atoms with van der Waals surface area (Å²) in [7, 11) is 0. The second kappa shape index (κ2) is 5.70. The zero-order chi connectivity index (χ0) is 8.65. The van der Waals surface area contributed by atoms with Crippen LogP contribution in [0.15, 0.2) is 25.2 Å². The van der Waals surface area contributed by atoms with Crippen molar-refractivity contribution in [2.24, 2.45) is 0 Å². The van der Waals surface area contributed by atoms with Crippen molar-refractivity contribution in [3.63, 3.8) is 0 Å². The Kier molecular flexibility index (Phi) is 4.35. The van der Waals surface area contributed by atoms with E-state index in [9.17, 15) is 0 Å². The topological polar surface area (TPSA) is 18.5 Å². The van der Waals surface area contributed by atoms with Gasteiger partial charge in [0.2, 0.25) is 6.29 Å². The molecule has 0 spiro atoms. The molecule has 68 valence electrons. The highest BCUT2D eigenvalue weighted by atomic mass is 16.7. The van der Waals surface area contributed by atoms with Gasteiger partial charge in [0.1, 0.15) is 12.5 Å². The van der Waals surface area contributed by atoms with Crippen molar-refractivity contribution in [2.75, 3.05) is 0 Å². The van der Waals surface area contributed by atoms with E-state index in [0.29, 0.717) is 0 Å². The zero-order valence-electron chi connectivity index (χ0n) is 7.37. The number of rotatable bonds is 6. The molecule has 1 rings (SSSR count). The lowest BCUT2D eigenvalue weighted by atomic mass is 10.1. The molecule has 0 N–H and O–H groups in total. The average Bonchev–Trinajstić information content (AvgIpc) is 2.57. The third kappa shape index (κ3) is 3.46. The van der Waals surface area contributed by atoms with Crippen LogP contribution in [0.4, 0.5) is 0 Å². The minimum Gasteiger partial charge on any atom is -0.459 e. The lowest BCUT2D eigenvalue weighted by Gasteiger charge is -2.08. The number of hydrogen-bond donors (Lipinski definition) is 0. The first-order valence-corrected chi connectivity index (χ1v) is 4.50. The molecule has 0 aromatic rings. The van der Waals surface area contributed by atoms with Gasteiger partial charge < -0.3 is 9.47 Å². The van der Waals surface area contributed by atoms with Crippen molar-refractivity contribution in [2.45, 2.75) is 38.4 Å². The van der Waals surface area contributed by atoms with Gasteiger partial charge in [-0.05, 0) is 19.3 Å². The molecular formula is C10H16O2. The molecule has 1 aliphatic rings. The van der Waals surface area contributed by atoms with E-state index in [2.05, 4.69) is 6.58 Å². The first kappa shape index (κ1) is 9.17. The fraction of sp³-hybridized carbons (Fsp3) is 0.600. The molecule has 0 aliphatic carbocycles. The summed E-state index contributed by atoms with van der Waals surface area (Å²) in [6.45, 7) is 3.68. The Bertz CT molecular complexity index is 144. The molecule has 12 heavy (non-hydrogen) atoms. The van der Waals surface area contributed by atoms with Crippen molar-refractivity contribution in [3.05, 3.63) is 25.2 Å². The van der Waals surface area contributed by atoms with Crippen LogP contribution in [0.25, 0.3) is 0 Å². The Morgan fingerprint density at radius 3 is 2.58 bits per heavy atom. The molecule has 0 saturated heterocycles. The van der Waals surface area contributed by atoms with E-state index >= 15 is 0 Å². The molecule has 0 fully saturated rings. The molecule has 2 heteroatoms. The van der Waals surface area contributed by atoms with Crippen molar-refractivity contribution in [1.82, 2.24) is 0 Å². The fourth-order valence-corrected chi connectivity index (χ4v) is 1.18. The molecule has 0 atom stereocenters. The summed E-state index contributed by atoms with van der Waals surface area (Å²) in [4.78, 5) is 0. The SMILES string of the molecule is C=CCCCCCC1OC=CO1. The van der Waals surface area contributed by atoms with Crippen LogP contribution in [0.5, 0.6) is 0 Å². The van der Waals surface area contributed by atoms with Crippen molar-refractivity contribution in [1.29, 1.82) is 0 Å². The Hall–Kier alpha value is -0.920. The molecule has 0 unspecified atom stereocenters. The Morgan fingerprint density at radius 1 is 1.17 bits per heavy atom. The molecular weight excluding hydrogens is 152 g/mol. The summed E-state index contributed by atoms with van der Waals surface area (Å²) in [6, 6.07) is 0. The number of ether oxygens (including phenoxy) is 2. The molecule has 0 amide bonds. The highest BCUT2D eigenvalue weighted by molar-refractivity contribution is 4.71. The van der Waals surface area contributed by atoms with Crippen LogP contribution in [0.3, 0.4) is 0 Å². The maximum Gasteiger partial charge on any atom is 0.239 e. The molecule has 0 aromatic carbocycles. The van der Waals surface area contributed by atoms with Gasteiger partial charge in [-0.15, -0.1) is 6.58 Å². The standard InChI is InChI=1S/C10H16O2/c1-2-3-4-5-6-7-10-11-8-9-12-10/h2,8-10H,1,3-7H2. The smallest absolute Gasteiger partial charge is 0.239 e. The second-order valence-electron chi connectivity index (χ2n) is 2.90. The Morgan fingerprint density at radius 2 is 1.92 bits per heavy atom. The quantitative estimate of drug-likeness (QED) is 0.448. The molecule has 0 radical (unpaired) electrons. The summed E-state index contributed by atoms with van der Waals surface area (Å²) in [5.74, 6) is 0. The first-order valence-electron chi connectivity index (χ1n) is 4.50. The first-order chi connectivity index (χ1) is 5.93. The van der Waals surface area contributed by atoms with Gasteiger partial charge in [-0.3, -0.25) is 0 Å². The third-order valence-electron chi connectivity index (χ3n) is 1.86. The van der Waals surface area contributed by atoms with Gasteiger partial charge in [0.05, 0.1) is 0 Å². The number of hydrogen-bond acceptors (Lipinski definition) is 2. The fourth-order valence-electron chi connectivity index (χ4n) is 1.18. The molecule has 0 aromatic heterocycles. The van der Waals surface area contributed by atoms with E-state index < -0.39 is 0 Å². The monoisotopic (exact) mass is 168 g/mol. The van der Waals surface area contributed by atoms with Crippen LogP contribution in [-0.2, 0) is 9.47 Å². The second-order valence-corrected chi connectivity index (χ2v) is 2.90. The summed E-state index contributed by atoms with van der Waals surface area (Å²) in [5.41, 5.74) is 0. The van der Waals surface area contributed by atoms with Gasteiger partial charge in [0.15, 0.2) is 0 Å². The van der Waals surface area contributed by atoms with Crippen LogP contribution < -0.4 is 0 Å². The van der Waals surface area contributed by atoms with E-state index in [0.717, 1.165) is 12.8 Å². The van der Waals surface area contributed by atoms with Gasteiger partial charge in [0, 0.05) is 6.42 Å². The molecule has 2 nitrogen and oxygen atoms in total. The predicted molar refractivity (Wildman–Crippen MR) is 48.4 cm³/mol. The molecule has 0 bridgehead atoms. The minimum atomic E-state index is -0.0197. The van der Waals surface area contributed by atoms with Crippen molar-refractivity contribution in [3.8, 4) is 0 Å². The van der Waals surface area contributed by atoms with E-state index in [1.54, 1.807) is 12.5 Å². The van der Waals surface area contributed by atoms with Crippen LogP contribution in [-0.4, -0.2) is 6.29 Å². The predicted octanol–water partition coefficient (Wildman–Crippen LogP) is 2.97. The number of unbranched alkanes of at least 4 members (excludes halogenated alkanes) is 3. The summed E-state index contributed by atoms with van der Waals surface area (Å²) in [6.07, 6.45) is 10.9. The minimum absolute atomic E-state index is 0.0197.